The fraction of sp³-hybridized carbons (Fsp3) is 0.0833. The van der Waals surface area contributed by atoms with Crippen molar-refractivity contribution in [3.05, 3.63) is 51.9 Å². The molecule has 0 aliphatic carbocycles. The molecule has 3 rings (SSSR count). The Morgan fingerprint density at radius 3 is 2.83 bits per heavy atom. The first-order chi connectivity index (χ1) is 8.74. The van der Waals surface area contributed by atoms with Gasteiger partial charge in [-0.15, -0.1) is 10.2 Å². The summed E-state index contributed by atoms with van der Waals surface area (Å²) in [6.07, 6.45) is 1.77. The minimum absolute atomic E-state index is 0.0260. The topological polar surface area (TPSA) is 73.8 Å². The summed E-state index contributed by atoms with van der Waals surface area (Å²) in [5, 5.41) is 10.4. The first-order valence-corrected chi connectivity index (χ1v) is 6.22. The van der Waals surface area contributed by atoms with Gasteiger partial charge in [0.05, 0.1) is 6.54 Å². The summed E-state index contributed by atoms with van der Waals surface area (Å²) in [5.41, 5.74) is 5.49. The molecular formula is C12H10N4OS. The van der Waals surface area contributed by atoms with E-state index in [4.69, 9.17) is 5.73 Å². The van der Waals surface area contributed by atoms with Crippen molar-refractivity contribution >= 4 is 27.2 Å². The monoisotopic (exact) mass is 258 g/mol. The molecule has 2 N–H and O–H groups in total. The van der Waals surface area contributed by atoms with Gasteiger partial charge in [0.2, 0.25) is 5.13 Å². The van der Waals surface area contributed by atoms with Crippen molar-refractivity contribution in [1.82, 2.24) is 14.8 Å². The number of nitrogens with zero attached hydrogens (tertiary/aromatic N) is 3. The van der Waals surface area contributed by atoms with Crippen molar-refractivity contribution in [3.63, 3.8) is 0 Å². The molecule has 18 heavy (non-hydrogen) atoms. The molecule has 1 aromatic carbocycles. The molecule has 0 spiro atoms. The highest BCUT2D eigenvalue weighted by molar-refractivity contribution is 7.15. The molecule has 2 heterocycles. The second-order valence-electron chi connectivity index (χ2n) is 3.87. The number of rotatable bonds is 2. The summed E-state index contributed by atoms with van der Waals surface area (Å²) in [4.78, 5) is 12.2. The molecule has 0 saturated carbocycles. The van der Waals surface area contributed by atoms with E-state index in [1.54, 1.807) is 10.8 Å². The van der Waals surface area contributed by atoms with Crippen molar-refractivity contribution < 1.29 is 0 Å². The van der Waals surface area contributed by atoms with Crippen LogP contribution in [0.4, 0.5) is 5.13 Å². The van der Waals surface area contributed by atoms with E-state index in [9.17, 15) is 4.79 Å². The smallest absolute Gasteiger partial charge is 0.258 e. The Hall–Kier alpha value is -2.21. The molecule has 6 heteroatoms. The average molecular weight is 258 g/mol. The minimum atomic E-state index is -0.0260. The van der Waals surface area contributed by atoms with Crippen molar-refractivity contribution in [2.75, 3.05) is 5.73 Å². The third-order valence-corrected chi connectivity index (χ3v) is 3.41. The summed E-state index contributed by atoms with van der Waals surface area (Å²) >= 11 is 1.29. The zero-order valence-electron chi connectivity index (χ0n) is 9.41. The van der Waals surface area contributed by atoms with Crippen molar-refractivity contribution in [2.45, 2.75) is 6.54 Å². The summed E-state index contributed by atoms with van der Waals surface area (Å²) in [6, 6.07) is 9.43. The number of anilines is 1. The van der Waals surface area contributed by atoms with Crippen molar-refractivity contribution in [1.29, 1.82) is 0 Å². The maximum absolute atomic E-state index is 12.2. The molecule has 90 valence electrons. The molecule has 0 aliphatic rings. The van der Waals surface area contributed by atoms with E-state index in [0.717, 1.165) is 10.4 Å². The van der Waals surface area contributed by atoms with Gasteiger partial charge in [0.25, 0.3) is 5.56 Å². The van der Waals surface area contributed by atoms with Crippen LogP contribution in [0.3, 0.4) is 0 Å². The van der Waals surface area contributed by atoms with E-state index in [1.807, 2.05) is 30.3 Å². The Morgan fingerprint density at radius 2 is 2.06 bits per heavy atom. The Balaban J connectivity index is 2.08. The van der Waals surface area contributed by atoms with Crippen LogP contribution in [0.2, 0.25) is 0 Å². The van der Waals surface area contributed by atoms with E-state index in [-0.39, 0.29) is 5.56 Å². The predicted molar refractivity (Wildman–Crippen MR) is 71.6 cm³/mol. The van der Waals surface area contributed by atoms with E-state index < -0.39 is 0 Å². The van der Waals surface area contributed by atoms with Crippen molar-refractivity contribution in [2.24, 2.45) is 0 Å². The highest BCUT2D eigenvalue weighted by Crippen LogP contribution is 2.13. The maximum atomic E-state index is 12.2. The van der Waals surface area contributed by atoms with Crippen LogP contribution in [0.5, 0.6) is 0 Å². The number of benzene rings is 1. The van der Waals surface area contributed by atoms with Crippen LogP contribution < -0.4 is 11.3 Å². The molecule has 0 bridgehead atoms. The molecule has 2 aromatic heterocycles. The molecule has 0 aliphatic heterocycles. The molecule has 0 unspecified atom stereocenters. The highest BCUT2D eigenvalue weighted by Gasteiger charge is 2.06. The quantitative estimate of drug-likeness (QED) is 0.755. The third kappa shape index (κ3) is 1.86. The number of hydrogen-bond donors (Lipinski definition) is 1. The predicted octanol–water partition coefficient (Wildman–Crippen LogP) is 1.48. The third-order valence-electron chi connectivity index (χ3n) is 2.67. The lowest BCUT2D eigenvalue weighted by Crippen LogP contribution is -2.19. The first kappa shape index (κ1) is 10.9. The van der Waals surface area contributed by atoms with Crippen LogP contribution >= 0.6 is 11.3 Å². The number of aromatic nitrogens is 3. The normalized spacial score (nSPS) is 10.9. The lowest BCUT2D eigenvalue weighted by atomic mass is 10.2. The summed E-state index contributed by atoms with van der Waals surface area (Å²) in [7, 11) is 0. The second kappa shape index (κ2) is 4.23. The minimum Gasteiger partial charge on any atom is -0.374 e. The lowest BCUT2D eigenvalue weighted by molar-refractivity contribution is 0.751. The second-order valence-corrected chi connectivity index (χ2v) is 4.96. The fourth-order valence-corrected chi connectivity index (χ4v) is 2.44. The summed E-state index contributed by atoms with van der Waals surface area (Å²) < 4.78 is 1.61. The Morgan fingerprint density at radius 1 is 1.22 bits per heavy atom. The van der Waals surface area contributed by atoms with Crippen LogP contribution in [0.15, 0.2) is 41.3 Å². The Bertz CT molecular complexity index is 762. The number of pyridine rings is 1. The highest BCUT2D eigenvalue weighted by atomic mass is 32.1. The van der Waals surface area contributed by atoms with Gasteiger partial charge in [0.1, 0.15) is 5.01 Å². The van der Waals surface area contributed by atoms with E-state index in [1.165, 1.54) is 11.3 Å². The summed E-state index contributed by atoms with van der Waals surface area (Å²) in [6.45, 7) is 0.401. The molecule has 0 amide bonds. The Kier molecular flexibility index (Phi) is 2.56. The largest absolute Gasteiger partial charge is 0.374 e. The zero-order valence-corrected chi connectivity index (χ0v) is 10.2. The molecule has 5 nitrogen and oxygen atoms in total. The molecular weight excluding hydrogens is 248 g/mol. The molecule has 0 saturated heterocycles. The van der Waals surface area contributed by atoms with Gasteiger partial charge in [-0.25, -0.2) is 0 Å². The van der Waals surface area contributed by atoms with E-state index >= 15 is 0 Å². The van der Waals surface area contributed by atoms with Crippen LogP contribution in [-0.4, -0.2) is 14.8 Å². The average Bonchev–Trinajstić information content (AvgIpc) is 2.79. The SMILES string of the molecule is Nc1nnc(Cn2ccc3ccccc3c2=O)s1. The zero-order chi connectivity index (χ0) is 12.5. The molecule has 0 atom stereocenters. The van der Waals surface area contributed by atoms with Crippen LogP contribution in [0.25, 0.3) is 10.8 Å². The first-order valence-electron chi connectivity index (χ1n) is 5.40. The number of nitrogens with two attached hydrogens (primary N) is 1. The van der Waals surface area contributed by atoms with E-state index in [2.05, 4.69) is 10.2 Å². The van der Waals surface area contributed by atoms with Gasteiger partial charge < -0.3 is 10.3 Å². The van der Waals surface area contributed by atoms with Gasteiger partial charge in [-0.1, -0.05) is 29.5 Å². The van der Waals surface area contributed by atoms with E-state index in [0.29, 0.717) is 17.1 Å². The van der Waals surface area contributed by atoms with Gasteiger partial charge >= 0.3 is 0 Å². The summed E-state index contributed by atoms with van der Waals surface area (Å²) in [5.74, 6) is 0. The number of fused-ring (bicyclic) bond motifs is 1. The van der Waals surface area contributed by atoms with Gasteiger partial charge in [0.15, 0.2) is 0 Å². The standard InChI is InChI=1S/C12H10N4OS/c13-12-15-14-10(18-12)7-16-6-5-8-3-1-2-4-9(8)11(16)17/h1-6H,7H2,(H2,13,15). The number of nitrogen functional groups attached to an aromatic ring is 1. The van der Waals surface area contributed by atoms with Crippen LogP contribution in [0, 0.1) is 0 Å². The molecule has 3 aromatic rings. The molecule has 0 radical (unpaired) electrons. The van der Waals surface area contributed by atoms with Gasteiger partial charge in [0, 0.05) is 11.6 Å². The number of hydrogen-bond acceptors (Lipinski definition) is 5. The van der Waals surface area contributed by atoms with Gasteiger partial charge in [-0.2, -0.15) is 0 Å². The lowest BCUT2D eigenvalue weighted by Gasteiger charge is -2.04. The van der Waals surface area contributed by atoms with Crippen LogP contribution in [-0.2, 0) is 6.54 Å². The fourth-order valence-electron chi connectivity index (χ4n) is 1.83. The van der Waals surface area contributed by atoms with Gasteiger partial charge in [-0.05, 0) is 17.5 Å². The van der Waals surface area contributed by atoms with Crippen LogP contribution in [0.1, 0.15) is 5.01 Å². The molecule has 0 fully saturated rings. The Labute approximate surface area is 107 Å². The van der Waals surface area contributed by atoms with Crippen molar-refractivity contribution in [3.8, 4) is 0 Å². The maximum Gasteiger partial charge on any atom is 0.258 e. The van der Waals surface area contributed by atoms with Gasteiger partial charge in [-0.3, -0.25) is 4.79 Å².